The first-order chi connectivity index (χ1) is 15.8. The first-order valence-corrected chi connectivity index (χ1v) is 11.2. The van der Waals surface area contributed by atoms with E-state index in [-0.39, 0.29) is 23.5 Å². The number of amides is 3. The summed E-state index contributed by atoms with van der Waals surface area (Å²) in [5, 5.41) is 14.4. The summed E-state index contributed by atoms with van der Waals surface area (Å²) in [4.78, 5) is 55.0. The van der Waals surface area contributed by atoms with E-state index in [1.807, 2.05) is 4.90 Å². The van der Waals surface area contributed by atoms with Gasteiger partial charge in [-0.15, -0.1) is 0 Å². The first-order valence-electron chi connectivity index (χ1n) is 10.8. The highest BCUT2D eigenvalue weighted by molar-refractivity contribution is 6.35. The van der Waals surface area contributed by atoms with E-state index in [1.54, 1.807) is 25.1 Å². The lowest BCUT2D eigenvalue weighted by atomic mass is 9.75. The Kier molecular flexibility index (Phi) is 4.07. The molecule has 10 heteroatoms. The van der Waals surface area contributed by atoms with Crippen LogP contribution >= 0.6 is 11.6 Å². The lowest BCUT2D eigenvalue weighted by Crippen LogP contribution is -2.54. The molecule has 4 aliphatic heterocycles. The number of carbonyl (C=O) groups excluding carboxylic acids is 3. The van der Waals surface area contributed by atoms with Gasteiger partial charge in [-0.3, -0.25) is 29.4 Å². The highest BCUT2D eigenvalue weighted by atomic mass is 35.5. The van der Waals surface area contributed by atoms with Crippen LogP contribution in [0.25, 0.3) is 0 Å². The van der Waals surface area contributed by atoms with Crippen molar-refractivity contribution >= 4 is 46.4 Å². The summed E-state index contributed by atoms with van der Waals surface area (Å²) in [5.41, 5.74) is 0.454. The molecule has 0 saturated carbocycles. The minimum Gasteiger partial charge on any atom is -0.323 e. The van der Waals surface area contributed by atoms with Gasteiger partial charge in [-0.1, -0.05) is 23.7 Å². The number of nitrogens with zero attached hydrogens (tertiary/aromatic N) is 3. The number of hydrogen-bond donors (Lipinski definition) is 1. The fourth-order valence-electron chi connectivity index (χ4n) is 6.44. The van der Waals surface area contributed by atoms with Crippen LogP contribution < -0.4 is 10.2 Å². The average Bonchev–Trinajstić information content (AvgIpc) is 3.48. The summed E-state index contributed by atoms with van der Waals surface area (Å²) in [7, 11) is 0. The molecule has 3 saturated heterocycles. The van der Waals surface area contributed by atoms with Crippen LogP contribution in [0.15, 0.2) is 36.4 Å². The molecule has 3 amide bonds. The molecule has 3 fully saturated rings. The number of fused-ring (bicyclic) bond motifs is 7. The summed E-state index contributed by atoms with van der Waals surface area (Å²) < 4.78 is 0. The third kappa shape index (κ3) is 2.33. The SMILES string of the molecule is Cc1cc([N+](=O)[O-])ccc1N1C(=O)[C@H]2[C@@H](C1=O)[C@]1(C(=O)Nc3c(Cl)cccc31)N1CCC[C@@H]21. The van der Waals surface area contributed by atoms with E-state index < -0.39 is 28.2 Å². The maximum Gasteiger partial charge on any atom is 0.269 e. The van der Waals surface area contributed by atoms with Gasteiger partial charge < -0.3 is 5.32 Å². The number of aryl methyl sites for hydroxylation is 1. The average molecular weight is 467 g/mol. The van der Waals surface area contributed by atoms with E-state index in [2.05, 4.69) is 5.32 Å². The monoisotopic (exact) mass is 466 g/mol. The quantitative estimate of drug-likeness (QED) is 0.413. The highest BCUT2D eigenvalue weighted by Crippen LogP contribution is 2.61. The predicted octanol–water partition coefficient (Wildman–Crippen LogP) is 2.99. The van der Waals surface area contributed by atoms with Gasteiger partial charge in [-0.2, -0.15) is 0 Å². The molecule has 0 unspecified atom stereocenters. The molecule has 33 heavy (non-hydrogen) atoms. The zero-order chi connectivity index (χ0) is 23.2. The molecule has 2 aromatic rings. The van der Waals surface area contributed by atoms with Crippen molar-refractivity contribution in [2.24, 2.45) is 11.8 Å². The molecule has 4 atom stereocenters. The van der Waals surface area contributed by atoms with Crippen molar-refractivity contribution in [2.45, 2.75) is 31.3 Å². The van der Waals surface area contributed by atoms with Crippen LogP contribution in [0.5, 0.6) is 0 Å². The predicted molar refractivity (Wildman–Crippen MR) is 119 cm³/mol. The van der Waals surface area contributed by atoms with Crippen molar-refractivity contribution in [1.82, 2.24) is 4.90 Å². The van der Waals surface area contributed by atoms with Crippen molar-refractivity contribution in [3.63, 3.8) is 0 Å². The Hall–Kier alpha value is -3.30. The minimum atomic E-state index is -1.30. The number of non-ortho nitro benzene ring substituents is 1. The number of nitro benzene ring substituents is 1. The van der Waals surface area contributed by atoms with Gasteiger partial charge in [-0.05, 0) is 44.0 Å². The molecule has 1 spiro atoms. The fourth-order valence-corrected chi connectivity index (χ4v) is 6.66. The second-order valence-corrected chi connectivity index (χ2v) is 9.44. The van der Waals surface area contributed by atoms with Gasteiger partial charge in [0.25, 0.3) is 11.6 Å². The van der Waals surface area contributed by atoms with Crippen LogP contribution in [0.1, 0.15) is 24.0 Å². The topological polar surface area (TPSA) is 113 Å². The Morgan fingerprint density at radius 2 is 1.97 bits per heavy atom. The molecule has 4 aliphatic rings. The van der Waals surface area contributed by atoms with E-state index in [4.69, 9.17) is 11.6 Å². The zero-order valence-electron chi connectivity index (χ0n) is 17.6. The number of rotatable bonds is 2. The number of carbonyl (C=O) groups is 3. The van der Waals surface area contributed by atoms with Crippen molar-refractivity contribution in [3.05, 3.63) is 62.7 Å². The molecule has 1 N–H and O–H groups in total. The van der Waals surface area contributed by atoms with Crippen molar-refractivity contribution in [1.29, 1.82) is 0 Å². The van der Waals surface area contributed by atoms with Crippen molar-refractivity contribution in [3.8, 4) is 0 Å². The molecule has 0 aliphatic carbocycles. The lowest BCUT2D eigenvalue weighted by molar-refractivity contribution is -0.384. The Bertz CT molecular complexity index is 1300. The van der Waals surface area contributed by atoms with Gasteiger partial charge in [0, 0.05) is 23.7 Å². The van der Waals surface area contributed by atoms with Gasteiger partial charge in [0.1, 0.15) is 5.54 Å². The van der Waals surface area contributed by atoms with Crippen LogP contribution in [-0.2, 0) is 19.9 Å². The van der Waals surface area contributed by atoms with Crippen LogP contribution in [0.4, 0.5) is 17.1 Å². The van der Waals surface area contributed by atoms with Gasteiger partial charge in [0.15, 0.2) is 0 Å². The largest absolute Gasteiger partial charge is 0.323 e. The third-order valence-corrected chi connectivity index (χ3v) is 7.92. The number of anilines is 2. The number of nitrogens with one attached hydrogen (secondary N) is 1. The van der Waals surface area contributed by atoms with E-state index >= 15 is 0 Å². The summed E-state index contributed by atoms with van der Waals surface area (Å²) in [6, 6.07) is 9.05. The molecule has 4 heterocycles. The molecule has 0 bridgehead atoms. The summed E-state index contributed by atoms with van der Waals surface area (Å²) in [6.07, 6.45) is 1.52. The summed E-state index contributed by atoms with van der Waals surface area (Å²) in [5.74, 6) is -2.73. The second-order valence-electron chi connectivity index (χ2n) is 9.03. The molecule has 9 nitrogen and oxygen atoms in total. The molecular formula is C23H19ClN4O5. The smallest absolute Gasteiger partial charge is 0.269 e. The van der Waals surface area contributed by atoms with Crippen LogP contribution in [0, 0.1) is 28.9 Å². The Balaban J connectivity index is 1.53. The van der Waals surface area contributed by atoms with Crippen LogP contribution in [0.3, 0.4) is 0 Å². The molecule has 6 rings (SSSR count). The number of benzene rings is 2. The highest BCUT2D eigenvalue weighted by Gasteiger charge is 2.74. The van der Waals surface area contributed by atoms with E-state index in [1.165, 1.54) is 18.2 Å². The van der Waals surface area contributed by atoms with Gasteiger partial charge in [0.05, 0.1) is 33.2 Å². The summed E-state index contributed by atoms with van der Waals surface area (Å²) in [6.45, 7) is 2.24. The van der Waals surface area contributed by atoms with E-state index in [9.17, 15) is 24.5 Å². The number of halogens is 1. The molecule has 168 valence electrons. The molecule has 2 aromatic carbocycles. The summed E-state index contributed by atoms with van der Waals surface area (Å²) >= 11 is 6.38. The van der Waals surface area contributed by atoms with Crippen LogP contribution in [0.2, 0.25) is 5.02 Å². The fraction of sp³-hybridized carbons (Fsp3) is 0.348. The van der Waals surface area contributed by atoms with Gasteiger partial charge >= 0.3 is 0 Å². The Morgan fingerprint density at radius 3 is 2.70 bits per heavy atom. The number of nitro groups is 1. The minimum absolute atomic E-state index is 0.118. The maximum atomic E-state index is 13.9. The number of imide groups is 1. The molecule has 0 radical (unpaired) electrons. The first kappa shape index (κ1) is 20.3. The maximum absolute atomic E-state index is 13.9. The number of para-hydroxylation sites is 1. The second kappa shape index (κ2) is 6.61. The Morgan fingerprint density at radius 1 is 1.18 bits per heavy atom. The van der Waals surface area contributed by atoms with Crippen LogP contribution in [-0.4, -0.2) is 40.1 Å². The van der Waals surface area contributed by atoms with Crippen molar-refractivity contribution < 1.29 is 19.3 Å². The normalized spacial score (nSPS) is 30.1. The third-order valence-electron chi connectivity index (χ3n) is 7.61. The standard InChI is InChI=1S/C23H19ClN4O5/c1-11-10-12(28(32)33)7-8-15(11)27-20(29)17-16-6-3-9-26(16)23(18(17)21(27)30)13-4-2-5-14(24)19(13)25-22(23)31/h2,4-5,7-8,10,16-18H,3,6,9H2,1H3,(H,25,31)/t16-,17+,18-,23+/m0/s1. The van der Waals surface area contributed by atoms with Gasteiger partial charge in [-0.25, -0.2) is 4.90 Å². The number of hydrogen-bond acceptors (Lipinski definition) is 6. The van der Waals surface area contributed by atoms with E-state index in [0.29, 0.717) is 40.5 Å². The molecule has 0 aromatic heterocycles. The lowest BCUT2D eigenvalue weighted by Gasteiger charge is -2.36. The molecular weight excluding hydrogens is 448 g/mol. The Labute approximate surface area is 193 Å². The van der Waals surface area contributed by atoms with Gasteiger partial charge in [0.2, 0.25) is 11.8 Å². The van der Waals surface area contributed by atoms with Crippen molar-refractivity contribution in [2.75, 3.05) is 16.8 Å². The van der Waals surface area contributed by atoms with E-state index in [0.717, 1.165) is 11.3 Å². The zero-order valence-corrected chi connectivity index (χ0v) is 18.3.